The van der Waals surface area contributed by atoms with Gasteiger partial charge in [0.15, 0.2) is 0 Å². The van der Waals surface area contributed by atoms with Crippen molar-refractivity contribution in [3.63, 3.8) is 0 Å². The Morgan fingerprint density at radius 3 is 1.78 bits per heavy atom. The normalized spacial score (nSPS) is 25.3. The van der Waals surface area contributed by atoms with Gasteiger partial charge in [0.25, 0.3) is 5.67 Å². The molecule has 2 rings (SSSR count). The van der Waals surface area contributed by atoms with E-state index in [1.165, 1.54) is 18.2 Å². The summed E-state index contributed by atoms with van der Waals surface area (Å²) < 4.78 is 123. The second-order valence-corrected chi connectivity index (χ2v) is 6.62. The number of aliphatic hydroxyl groups is 1. The molecule has 1 aromatic rings. The number of hydrogen-bond acceptors (Lipinski definition) is 1. The van der Waals surface area contributed by atoms with Crippen LogP contribution in [0.4, 0.5) is 39.5 Å². The van der Waals surface area contributed by atoms with E-state index in [0.717, 1.165) is 6.07 Å². The molecule has 154 valence electrons. The van der Waals surface area contributed by atoms with E-state index in [1.54, 1.807) is 6.92 Å². The molecule has 1 aromatic carbocycles. The van der Waals surface area contributed by atoms with Gasteiger partial charge in [0.2, 0.25) is 0 Å². The van der Waals surface area contributed by atoms with Gasteiger partial charge in [-0.1, -0.05) is 37.6 Å². The van der Waals surface area contributed by atoms with Crippen molar-refractivity contribution in [2.75, 3.05) is 0 Å². The summed E-state index contributed by atoms with van der Waals surface area (Å²) in [5.74, 6) is -26.0. The van der Waals surface area contributed by atoms with Crippen molar-refractivity contribution in [1.29, 1.82) is 0 Å². The van der Waals surface area contributed by atoms with Crippen LogP contribution in [0.25, 0.3) is 0 Å². The van der Waals surface area contributed by atoms with Gasteiger partial charge in [-0.25, -0.2) is 4.39 Å². The van der Waals surface area contributed by atoms with Crippen LogP contribution in [-0.4, -0.2) is 34.5 Å². The van der Waals surface area contributed by atoms with Gasteiger partial charge in [-0.2, -0.15) is 35.1 Å². The Labute approximate surface area is 149 Å². The predicted octanol–water partition coefficient (Wildman–Crippen LogP) is 5.72. The van der Waals surface area contributed by atoms with Crippen LogP contribution < -0.4 is 0 Å². The van der Waals surface area contributed by atoms with Crippen molar-refractivity contribution in [1.82, 2.24) is 0 Å². The molecule has 1 saturated carbocycles. The minimum Gasteiger partial charge on any atom is -0.388 e. The highest BCUT2D eigenvalue weighted by Gasteiger charge is 3.00. The summed E-state index contributed by atoms with van der Waals surface area (Å²) >= 11 is 0. The summed E-state index contributed by atoms with van der Waals surface area (Å²) in [6.07, 6.45) is -3.24. The van der Waals surface area contributed by atoms with E-state index in [1.807, 2.05) is 0 Å². The molecule has 27 heavy (non-hydrogen) atoms. The number of halogens is 9. The molecule has 1 aliphatic carbocycles. The molecule has 0 amide bonds. The lowest BCUT2D eigenvalue weighted by Gasteiger charge is -2.33. The van der Waals surface area contributed by atoms with Crippen molar-refractivity contribution in [3.05, 3.63) is 35.4 Å². The van der Waals surface area contributed by atoms with E-state index in [9.17, 15) is 44.6 Å². The number of hydrogen-bond donors (Lipinski definition) is 1. The highest BCUT2D eigenvalue weighted by atomic mass is 19.4. The lowest BCUT2D eigenvalue weighted by Crippen LogP contribution is -2.55. The third-order valence-corrected chi connectivity index (χ3v) is 4.87. The minimum atomic E-state index is -6.63. The average Bonchev–Trinajstić information content (AvgIpc) is 2.63. The van der Waals surface area contributed by atoms with Crippen LogP contribution in [0.5, 0.6) is 0 Å². The molecule has 1 fully saturated rings. The van der Waals surface area contributed by atoms with Gasteiger partial charge in [-0.15, -0.1) is 0 Å². The Bertz CT molecular complexity index is 661. The fourth-order valence-electron chi connectivity index (χ4n) is 3.18. The largest absolute Gasteiger partial charge is 0.388 e. The Kier molecular flexibility index (Phi) is 5.31. The monoisotopic (exact) mass is 408 g/mol. The summed E-state index contributed by atoms with van der Waals surface area (Å²) in [6, 6.07) is 5.29. The van der Waals surface area contributed by atoms with Crippen LogP contribution in [0.15, 0.2) is 24.3 Å². The lowest BCUT2D eigenvalue weighted by atomic mass is 9.86. The molecule has 0 radical (unpaired) electrons. The third-order valence-electron chi connectivity index (χ3n) is 4.87. The van der Waals surface area contributed by atoms with Gasteiger partial charge >= 0.3 is 23.7 Å². The first kappa shape index (κ1) is 21.8. The summed E-state index contributed by atoms with van der Waals surface area (Å²) in [5.41, 5.74) is -5.61. The van der Waals surface area contributed by atoms with Crippen LogP contribution in [0.1, 0.15) is 43.4 Å². The van der Waals surface area contributed by atoms with Crippen molar-refractivity contribution in [3.8, 4) is 0 Å². The van der Waals surface area contributed by atoms with E-state index in [4.69, 9.17) is 0 Å². The van der Waals surface area contributed by atoms with Crippen molar-refractivity contribution >= 4 is 0 Å². The first-order chi connectivity index (χ1) is 12.2. The number of aryl methyl sites for hydroxylation is 1. The minimum absolute atomic E-state index is 0.256. The summed E-state index contributed by atoms with van der Waals surface area (Å²) in [4.78, 5) is 0. The summed E-state index contributed by atoms with van der Waals surface area (Å²) in [7, 11) is 0. The molecule has 1 nitrogen and oxygen atoms in total. The van der Waals surface area contributed by atoms with E-state index >= 15 is 0 Å². The van der Waals surface area contributed by atoms with E-state index in [0.29, 0.717) is 18.4 Å². The maximum Gasteiger partial charge on any atom is 0.381 e. The molecule has 0 spiro atoms. The van der Waals surface area contributed by atoms with Gasteiger partial charge in [-0.05, 0) is 24.0 Å². The Morgan fingerprint density at radius 2 is 1.30 bits per heavy atom. The standard InChI is InChI=1S/C17H17F9O/c1-2-3-6-10-7-4-5-8-11(10)12(27)9-13(18)14(19,20)16(23,24)17(25,26)15(13,21)22/h4-5,7-8,12,27H,2-3,6,9H2,1H3. The fraction of sp³-hybridized carbons (Fsp3) is 0.647. The molecular formula is C17H17F9O. The van der Waals surface area contributed by atoms with Crippen molar-refractivity contribution in [2.24, 2.45) is 0 Å². The highest BCUT2D eigenvalue weighted by Crippen LogP contribution is 2.70. The summed E-state index contributed by atoms with van der Waals surface area (Å²) in [6.45, 7) is 1.80. The van der Waals surface area contributed by atoms with Gasteiger partial charge in [-0.3, -0.25) is 0 Å². The molecule has 0 bridgehead atoms. The highest BCUT2D eigenvalue weighted by molar-refractivity contribution is 5.32. The number of unbranched alkanes of at least 4 members (excludes halogenated alkanes) is 1. The second kappa shape index (κ2) is 6.56. The molecule has 1 N–H and O–H groups in total. The number of aliphatic hydroxyl groups excluding tert-OH is 1. The predicted molar refractivity (Wildman–Crippen MR) is 78.3 cm³/mol. The summed E-state index contributed by atoms with van der Waals surface area (Å²) in [5, 5.41) is 10.0. The topological polar surface area (TPSA) is 20.2 Å². The smallest absolute Gasteiger partial charge is 0.381 e. The third kappa shape index (κ3) is 2.74. The molecular weight excluding hydrogens is 391 g/mol. The average molecular weight is 408 g/mol. The fourth-order valence-corrected chi connectivity index (χ4v) is 3.18. The number of alkyl halides is 9. The molecule has 0 aromatic heterocycles. The van der Waals surface area contributed by atoms with Crippen LogP contribution in [-0.2, 0) is 6.42 Å². The van der Waals surface area contributed by atoms with Gasteiger partial charge in [0.1, 0.15) is 0 Å². The maximum absolute atomic E-state index is 14.6. The zero-order valence-corrected chi connectivity index (χ0v) is 14.1. The quantitative estimate of drug-likeness (QED) is 0.598. The van der Waals surface area contributed by atoms with Crippen LogP contribution >= 0.6 is 0 Å². The van der Waals surface area contributed by atoms with Gasteiger partial charge < -0.3 is 5.11 Å². The van der Waals surface area contributed by atoms with Gasteiger partial charge in [0.05, 0.1) is 6.10 Å². The molecule has 0 saturated heterocycles. The molecule has 1 unspecified atom stereocenters. The molecule has 1 atom stereocenters. The second-order valence-electron chi connectivity index (χ2n) is 6.62. The molecule has 0 heterocycles. The van der Waals surface area contributed by atoms with Crippen LogP contribution in [0, 0.1) is 0 Å². The molecule has 10 heteroatoms. The molecule has 1 aliphatic rings. The van der Waals surface area contributed by atoms with Crippen molar-refractivity contribution < 1.29 is 44.6 Å². The van der Waals surface area contributed by atoms with Gasteiger partial charge in [0, 0.05) is 6.42 Å². The SMILES string of the molecule is CCCCc1ccccc1C(O)CC1(F)C(F)(F)C(F)(F)C(F)(F)C1(F)F. The number of rotatable bonds is 6. The van der Waals surface area contributed by atoms with Crippen LogP contribution in [0.2, 0.25) is 0 Å². The maximum atomic E-state index is 14.6. The first-order valence-electron chi connectivity index (χ1n) is 8.15. The molecule has 0 aliphatic heterocycles. The zero-order chi connectivity index (χ0) is 20.9. The Morgan fingerprint density at radius 1 is 0.815 bits per heavy atom. The lowest BCUT2D eigenvalue weighted by molar-refractivity contribution is -0.303. The van der Waals surface area contributed by atoms with E-state index in [-0.39, 0.29) is 12.0 Å². The van der Waals surface area contributed by atoms with E-state index < -0.39 is 41.9 Å². The number of benzene rings is 1. The van der Waals surface area contributed by atoms with E-state index in [2.05, 4.69) is 0 Å². The van der Waals surface area contributed by atoms with Crippen LogP contribution in [0.3, 0.4) is 0 Å². The first-order valence-corrected chi connectivity index (χ1v) is 8.15. The Hall–Kier alpha value is -1.45. The Balaban J connectivity index is 2.47. The zero-order valence-electron chi connectivity index (χ0n) is 14.1. The van der Waals surface area contributed by atoms with Crippen molar-refractivity contribution in [2.45, 2.75) is 68.1 Å².